The van der Waals surface area contributed by atoms with Gasteiger partial charge < -0.3 is 9.73 Å². The number of carbonyl (C=O) groups is 1. The second-order valence-electron chi connectivity index (χ2n) is 5.98. The number of thioether (sulfide) groups is 1. The van der Waals surface area contributed by atoms with Gasteiger partial charge in [0.1, 0.15) is 11.5 Å². The van der Waals surface area contributed by atoms with Crippen molar-refractivity contribution in [2.24, 2.45) is 4.99 Å². The number of carbonyl (C=O) groups excluding carboxylic acids is 1. The SMILES string of the molecule is Cc1ccc(-c2ccc(C=C3SC(=Nc4ccccc4)NC3=O)o2)cc1Cl. The summed E-state index contributed by atoms with van der Waals surface area (Å²) in [7, 11) is 0. The van der Waals surface area contributed by atoms with E-state index in [9.17, 15) is 4.79 Å². The molecule has 4 rings (SSSR count). The lowest BCUT2D eigenvalue weighted by molar-refractivity contribution is -0.115. The van der Waals surface area contributed by atoms with Crippen molar-refractivity contribution in [2.75, 3.05) is 0 Å². The lowest BCUT2D eigenvalue weighted by atomic mass is 10.1. The third-order valence-corrected chi connectivity index (χ3v) is 5.31. The predicted molar refractivity (Wildman–Crippen MR) is 111 cm³/mol. The highest BCUT2D eigenvalue weighted by atomic mass is 35.5. The molecule has 0 spiro atoms. The second kappa shape index (κ2) is 7.47. The molecule has 0 atom stereocenters. The maximum Gasteiger partial charge on any atom is 0.264 e. The van der Waals surface area contributed by atoms with Gasteiger partial charge in [0.2, 0.25) is 0 Å². The summed E-state index contributed by atoms with van der Waals surface area (Å²) < 4.78 is 5.86. The fraction of sp³-hybridized carbons (Fsp3) is 0.0476. The van der Waals surface area contributed by atoms with Crippen LogP contribution in [0.5, 0.6) is 0 Å². The van der Waals surface area contributed by atoms with Gasteiger partial charge in [0.05, 0.1) is 10.6 Å². The molecule has 1 amide bonds. The van der Waals surface area contributed by atoms with Gasteiger partial charge in [-0.1, -0.05) is 41.9 Å². The highest BCUT2D eigenvalue weighted by Crippen LogP contribution is 2.31. The van der Waals surface area contributed by atoms with Crippen molar-refractivity contribution >= 4 is 46.2 Å². The normalized spacial score (nSPS) is 16.9. The van der Waals surface area contributed by atoms with Gasteiger partial charge in [-0.25, -0.2) is 4.99 Å². The molecule has 0 bridgehead atoms. The Kier molecular flexibility index (Phi) is 4.88. The predicted octanol–water partition coefficient (Wildman–Crippen LogP) is 5.80. The van der Waals surface area contributed by atoms with Gasteiger partial charge in [-0.3, -0.25) is 4.79 Å². The molecule has 1 saturated heterocycles. The zero-order chi connectivity index (χ0) is 18.8. The summed E-state index contributed by atoms with van der Waals surface area (Å²) in [5.41, 5.74) is 2.70. The average Bonchev–Trinajstić information content (AvgIpc) is 3.26. The zero-order valence-corrected chi connectivity index (χ0v) is 16.0. The van der Waals surface area contributed by atoms with Crippen LogP contribution in [0.1, 0.15) is 11.3 Å². The highest BCUT2D eigenvalue weighted by Gasteiger charge is 2.24. The molecule has 134 valence electrons. The summed E-state index contributed by atoms with van der Waals surface area (Å²) >= 11 is 7.47. The number of aliphatic imine (C=N–C) groups is 1. The Hall–Kier alpha value is -2.76. The molecular weight excluding hydrogens is 380 g/mol. The van der Waals surface area contributed by atoms with Crippen LogP contribution in [0, 0.1) is 6.92 Å². The Bertz CT molecular complexity index is 1070. The molecule has 6 heteroatoms. The number of aryl methyl sites for hydroxylation is 1. The van der Waals surface area contributed by atoms with E-state index in [0.717, 1.165) is 16.8 Å². The van der Waals surface area contributed by atoms with Crippen molar-refractivity contribution < 1.29 is 9.21 Å². The molecule has 0 unspecified atom stereocenters. The van der Waals surface area contributed by atoms with E-state index in [-0.39, 0.29) is 5.91 Å². The van der Waals surface area contributed by atoms with Crippen molar-refractivity contribution in [2.45, 2.75) is 6.92 Å². The summed E-state index contributed by atoms with van der Waals surface area (Å²) in [4.78, 5) is 17.2. The smallest absolute Gasteiger partial charge is 0.264 e. The van der Waals surface area contributed by atoms with Gasteiger partial charge in [0.25, 0.3) is 5.91 Å². The van der Waals surface area contributed by atoms with Crippen LogP contribution >= 0.6 is 23.4 Å². The van der Waals surface area contributed by atoms with E-state index in [1.54, 1.807) is 6.08 Å². The van der Waals surface area contributed by atoms with Crippen LogP contribution in [0.4, 0.5) is 5.69 Å². The van der Waals surface area contributed by atoms with E-state index in [0.29, 0.717) is 26.6 Å². The van der Waals surface area contributed by atoms with E-state index in [4.69, 9.17) is 16.0 Å². The molecule has 1 aliphatic heterocycles. The zero-order valence-electron chi connectivity index (χ0n) is 14.4. The number of hydrogen-bond acceptors (Lipinski definition) is 4. The number of amidine groups is 1. The number of benzene rings is 2. The first kappa shape index (κ1) is 17.6. The number of halogens is 1. The number of hydrogen-bond donors (Lipinski definition) is 1. The minimum atomic E-state index is -0.189. The third kappa shape index (κ3) is 3.99. The van der Waals surface area contributed by atoms with Crippen LogP contribution in [-0.4, -0.2) is 11.1 Å². The van der Waals surface area contributed by atoms with E-state index in [2.05, 4.69) is 10.3 Å². The van der Waals surface area contributed by atoms with Crippen molar-refractivity contribution in [3.63, 3.8) is 0 Å². The number of nitrogens with zero attached hydrogens (tertiary/aromatic N) is 1. The van der Waals surface area contributed by atoms with Gasteiger partial charge in [-0.05, 0) is 54.6 Å². The fourth-order valence-corrected chi connectivity index (χ4v) is 3.56. The maximum absolute atomic E-state index is 12.2. The molecular formula is C21H15ClN2O2S. The molecule has 3 aromatic rings. The molecule has 27 heavy (non-hydrogen) atoms. The van der Waals surface area contributed by atoms with Crippen LogP contribution in [0.25, 0.3) is 17.4 Å². The minimum Gasteiger partial charge on any atom is -0.457 e. The second-order valence-corrected chi connectivity index (χ2v) is 7.42. The molecule has 1 fully saturated rings. The summed E-state index contributed by atoms with van der Waals surface area (Å²) in [5, 5.41) is 4.01. The number of amides is 1. The van der Waals surface area contributed by atoms with Gasteiger partial charge in [-0.15, -0.1) is 0 Å². The van der Waals surface area contributed by atoms with Crippen molar-refractivity contribution in [3.05, 3.63) is 81.9 Å². The first-order valence-corrected chi connectivity index (χ1v) is 9.49. The fourth-order valence-electron chi connectivity index (χ4n) is 2.56. The van der Waals surface area contributed by atoms with E-state index >= 15 is 0 Å². The van der Waals surface area contributed by atoms with Crippen molar-refractivity contribution in [3.8, 4) is 11.3 Å². The van der Waals surface area contributed by atoms with Crippen LogP contribution in [0.15, 0.2) is 75.0 Å². The molecule has 0 aliphatic carbocycles. The van der Waals surface area contributed by atoms with E-state index in [1.165, 1.54) is 11.8 Å². The summed E-state index contributed by atoms with van der Waals surface area (Å²) in [6.07, 6.45) is 1.72. The number of para-hydroxylation sites is 1. The van der Waals surface area contributed by atoms with Gasteiger partial charge in [-0.2, -0.15) is 0 Å². The van der Waals surface area contributed by atoms with E-state index < -0.39 is 0 Å². The summed E-state index contributed by atoms with van der Waals surface area (Å²) in [5.74, 6) is 1.11. The van der Waals surface area contributed by atoms with E-state index in [1.807, 2.05) is 67.6 Å². The average molecular weight is 395 g/mol. The van der Waals surface area contributed by atoms with Gasteiger partial charge >= 0.3 is 0 Å². The van der Waals surface area contributed by atoms with Crippen LogP contribution < -0.4 is 5.32 Å². The summed E-state index contributed by atoms with van der Waals surface area (Å²) in [6, 6.07) is 19.0. The standard InChI is InChI=1S/C21H15ClN2O2S/c1-13-7-8-14(11-17(13)22)18-10-9-16(26-18)12-19-20(25)24-21(27-19)23-15-5-3-2-4-6-15/h2-12H,1H3,(H,23,24,25). The lowest BCUT2D eigenvalue weighted by Gasteiger charge is -2.00. The molecule has 1 N–H and O–H groups in total. The topological polar surface area (TPSA) is 54.6 Å². The van der Waals surface area contributed by atoms with Gasteiger partial charge in [0, 0.05) is 16.7 Å². The van der Waals surface area contributed by atoms with Crippen LogP contribution in [0.2, 0.25) is 5.02 Å². The Morgan fingerprint density at radius 2 is 1.93 bits per heavy atom. The molecule has 4 nitrogen and oxygen atoms in total. The maximum atomic E-state index is 12.2. The van der Waals surface area contributed by atoms with Crippen molar-refractivity contribution in [1.29, 1.82) is 0 Å². The molecule has 0 radical (unpaired) electrons. The molecule has 2 aromatic carbocycles. The third-order valence-electron chi connectivity index (χ3n) is 3.99. The summed E-state index contributed by atoms with van der Waals surface area (Å²) in [6.45, 7) is 1.95. The number of furan rings is 1. The Labute approximate surface area is 166 Å². The van der Waals surface area contributed by atoms with Crippen LogP contribution in [0.3, 0.4) is 0 Å². The largest absolute Gasteiger partial charge is 0.457 e. The first-order chi connectivity index (χ1) is 13.1. The molecule has 1 aliphatic rings. The Morgan fingerprint density at radius 3 is 2.70 bits per heavy atom. The van der Waals surface area contributed by atoms with Gasteiger partial charge in [0.15, 0.2) is 5.17 Å². The Morgan fingerprint density at radius 1 is 1.11 bits per heavy atom. The monoisotopic (exact) mass is 394 g/mol. The molecule has 0 saturated carbocycles. The van der Waals surface area contributed by atoms with Crippen molar-refractivity contribution in [1.82, 2.24) is 5.32 Å². The number of rotatable bonds is 3. The van der Waals surface area contributed by atoms with Crippen LogP contribution in [-0.2, 0) is 4.79 Å². The number of nitrogens with one attached hydrogen (secondary N) is 1. The molecule has 1 aromatic heterocycles. The first-order valence-electron chi connectivity index (χ1n) is 8.29. The lowest BCUT2D eigenvalue weighted by Crippen LogP contribution is -2.19. The molecule has 2 heterocycles. The Balaban J connectivity index is 1.55. The minimum absolute atomic E-state index is 0.189. The quantitative estimate of drug-likeness (QED) is 0.571. The highest BCUT2D eigenvalue weighted by molar-refractivity contribution is 8.18.